The molecule has 0 bridgehead atoms. The number of hydrogen-bond acceptors (Lipinski definition) is 9. The molecule has 10 heteroatoms. The first-order valence-corrected chi connectivity index (χ1v) is 16.0. The summed E-state index contributed by atoms with van der Waals surface area (Å²) in [4.78, 5) is 21.5. The fraction of sp³-hybridized carbons (Fsp3) is 0.429. The van der Waals surface area contributed by atoms with Gasteiger partial charge in [0.1, 0.15) is 11.5 Å². The minimum absolute atomic E-state index is 0.432. The number of fused-ring (bicyclic) bond motifs is 1. The second-order valence-corrected chi connectivity index (χ2v) is 12.0. The monoisotopic (exact) mass is 613 g/mol. The molecule has 2 aromatic heterocycles. The second-order valence-electron chi connectivity index (χ2n) is 12.0. The van der Waals surface area contributed by atoms with Crippen LogP contribution >= 0.6 is 0 Å². The second kappa shape index (κ2) is 14.2. The standard InChI is InChI=1S/C35H43N5O5/c1-24-6-11-32(45-24)31-21-29(36-23-25-12-17-40(18-13-25)27-9-7-26(8-10-27)35(41)38-42)28-20-33(43-2)34(22-30(28)37-31)44-19-5-16-39-14-3-4-15-39/h6-11,20-22,25,42H,3-5,12-19,23H2,1-2H3,(H,36,37)(H,38,41). The van der Waals surface area contributed by atoms with Crippen molar-refractivity contribution >= 4 is 28.2 Å². The average molecular weight is 614 g/mol. The van der Waals surface area contributed by atoms with Crippen molar-refractivity contribution in [3.05, 3.63) is 65.9 Å². The number of hydrogen-bond donors (Lipinski definition) is 3. The van der Waals surface area contributed by atoms with E-state index in [4.69, 9.17) is 24.1 Å². The fourth-order valence-corrected chi connectivity index (χ4v) is 6.37. The van der Waals surface area contributed by atoms with Crippen LogP contribution in [0.3, 0.4) is 0 Å². The summed E-state index contributed by atoms with van der Waals surface area (Å²) in [6, 6.07) is 17.3. The van der Waals surface area contributed by atoms with Gasteiger partial charge in [-0.1, -0.05) is 0 Å². The summed E-state index contributed by atoms with van der Waals surface area (Å²) < 4.78 is 18.0. The smallest absolute Gasteiger partial charge is 0.274 e. The number of benzene rings is 2. The van der Waals surface area contributed by atoms with Crippen molar-refractivity contribution in [1.82, 2.24) is 15.4 Å². The van der Waals surface area contributed by atoms with E-state index in [1.807, 2.05) is 43.3 Å². The van der Waals surface area contributed by atoms with Crippen LogP contribution in [0.1, 0.15) is 48.2 Å². The molecule has 2 saturated heterocycles. The molecule has 0 spiro atoms. The lowest BCUT2D eigenvalue weighted by Crippen LogP contribution is -2.35. The van der Waals surface area contributed by atoms with Gasteiger partial charge in [0.15, 0.2) is 17.3 Å². The van der Waals surface area contributed by atoms with E-state index in [9.17, 15) is 4.79 Å². The van der Waals surface area contributed by atoms with Crippen molar-refractivity contribution in [2.45, 2.75) is 39.0 Å². The lowest BCUT2D eigenvalue weighted by molar-refractivity contribution is 0.0706. The van der Waals surface area contributed by atoms with Crippen LogP contribution < -0.4 is 25.2 Å². The first kappa shape index (κ1) is 30.7. The summed E-state index contributed by atoms with van der Waals surface area (Å²) in [5.41, 5.74) is 5.78. The van der Waals surface area contributed by atoms with Gasteiger partial charge in [0.05, 0.1) is 19.2 Å². The van der Waals surface area contributed by atoms with Gasteiger partial charge in [0.25, 0.3) is 5.91 Å². The number of carbonyl (C=O) groups excluding carboxylic acids is 1. The zero-order valence-corrected chi connectivity index (χ0v) is 26.2. The maximum absolute atomic E-state index is 11.7. The number of pyridine rings is 1. The van der Waals surface area contributed by atoms with Crippen molar-refractivity contribution in [2.75, 3.05) is 63.2 Å². The molecule has 0 radical (unpaired) electrons. The molecule has 2 fully saturated rings. The minimum Gasteiger partial charge on any atom is -0.493 e. The SMILES string of the molecule is COc1cc2c(NCC3CCN(c4ccc(C(=O)NO)cc4)CC3)cc(-c3ccc(C)o3)nc2cc1OCCCN1CCCC1. The molecule has 2 aliphatic rings. The molecule has 2 aromatic carbocycles. The lowest BCUT2D eigenvalue weighted by atomic mass is 9.96. The molecular formula is C35H43N5O5. The van der Waals surface area contributed by atoms with E-state index in [-0.39, 0.29) is 0 Å². The maximum Gasteiger partial charge on any atom is 0.274 e. The molecule has 0 aliphatic carbocycles. The van der Waals surface area contributed by atoms with Crippen LogP contribution in [0.4, 0.5) is 11.4 Å². The molecule has 0 atom stereocenters. The number of piperidine rings is 1. The van der Waals surface area contributed by atoms with Gasteiger partial charge in [0, 0.05) is 54.6 Å². The molecule has 4 heterocycles. The number of aromatic nitrogens is 1. The van der Waals surface area contributed by atoms with Gasteiger partial charge in [-0.2, -0.15) is 0 Å². The Morgan fingerprint density at radius 3 is 2.49 bits per heavy atom. The van der Waals surface area contributed by atoms with Crippen molar-refractivity contribution in [2.24, 2.45) is 5.92 Å². The van der Waals surface area contributed by atoms with Crippen LogP contribution in [0.5, 0.6) is 11.5 Å². The average Bonchev–Trinajstić information content (AvgIpc) is 3.77. The number of aryl methyl sites for hydroxylation is 1. The third kappa shape index (κ3) is 7.34. The van der Waals surface area contributed by atoms with Crippen LogP contribution in [0.2, 0.25) is 0 Å². The topological polar surface area (TPSA) is 112 Å². The Balaban J connectivity index is 1.15. The van der Waals surface area contributed by atoms with E-state index < -0.39 is 5.91 Å². The van der Waals surface area contributed by atoms with Crippen LogP contribution in [-0.4, -0.2) is 74.0 Å². The van der Waals surface area contributed by atoms with Crippen LogP contribution in [-0.2, 0) is 0 Å². The number of likely N-dealkylation sites (tertiary alicyclic amines) is 1. The molecule has 1 amide bonds. The fourth-order valence-electron chi connectivity index (χ4n) is 6.37. The third-order valence-electron chi connectivity index (χ3n) is 8.95. The Hall–Kier alpha value is -4.28. The van der Waals surface area contributed by atoms with Gasteiger partial charge in [-0.25, -0.2) is 10.5 Å². The number of nitrogens with one attached hydrogen (secondary N) is 2. The quantitative estimate of drug-likeness (QED) is 0.0988. The van der Waals surface area contributed by atoms with E-state index in [2.05, 4.69) is 21.2 Å². The zero-order chi connectivity index (χ0) is 31.2. The number of ether oxygens (including phenoxy) is 2. The summed E-state index contributed by atoms with van der Waals surface area (Å²) in [5, 5.41) is 13.6. The van der Waals surface area contributed by atoms with Crippen LogP contribution in [0, 0.1) is 12.8 Å². The van der Waals surface area contributed by atoms with Crippen LogP contribution in [0.15, 0.2) is 59.0 Å². The van der Waals surface area contributed by atoms with E-state index in [0.717, 1.165) is 84.9 Å². The number of anilines is 2. The van der Waals surface area contributed by atoms with E-state index in [1.54, 1.807) is 24.7 Å². The summed E-state index contributed by atoms with van der Waals surface area (Å²) in [7, 11) is 1.68. The van der Waals surface area contributed by atoms with Gasteiger partial charge in [0.2, 0.25) is 0 Å². The predicted octanol–water partition coefficient (Wildman–Crippen LogP) is 6.12. The van der Waals surface area contributed by atoms with Gasteiger partial charge in [-0.15, -0.1) is 0 Å². The van der Waals surface area contributed by atoms with E-state index in [1.165, 1.54) is 25.9 Å². The number of hydroxylamine groups is 1. The lowest BCUT2D eigenvalue weighted by Gasteiger charge is -2.34. The van der Waals surface area contributed by atoms with Crippen molar-refractivity contribution < 1.29 is 23.9 Å². The highest BCUT2D eigenvalue weighted by atomic mass is 16.5. The molecule has 4 aromatic rings. The molecule has 3 N–H and O–H groups in total. The highest BCUT2D eigenvalue weighted by Gasteiger charge is 2.21. The van der Waals surface area contributed by atoms with E-state index in [0.29, 0.717) is 29.6 Å². The summed E-state index contributed by atoms with van der Waals surface area (Å²) in [5.74, 6) is 2.97. The van der Waals surface area contributed by atoms with E-state index >= 15 is 0 Å². The van der Waals surface area contributed by atoms with Gasteiger partial charge < -0.3 is 29.0 Å². The molecular weight excluding hydrogens is 570 g/mol. The normalized spacial score (nSPS) is 15.8. The molecule has 45 heavy (non-hydrogen) atoms. The summed E-state index contributed by atoms with van der Waals surface area (Å²) in [6.45, 7) is 8.69. The molecule has 0 saturated carbocycles. The molecule has 0 unspecified atom stereocenters. The largest absolute Gasteiger partial charge is 0.493 e. The number of furan rings is 1. The number of amides is 1. The number of nitrogens with zero attached hydrogens (tertiary/aromatic N) is 3. The summed E-state index contributed by atoms with van der Waals surface area (Å²) in [6.07, 6.45) is 5.64. The molecule has 2 aliphatic heterocycles. The molecule has 6 rings (SSSR count). The van der Waals surface area contributed by atoms with Crippen molar-refractivity contribution in [3.8, 4) is 23.0 Å². The number of carbonyl (C=O) groups is 1. The Bertz CT molecular complexity index is 1590. The van der Waals surface area contributed by atoms with Gasteiger partial charge >= 0.3 is 0 Å². The highest BCUT2D eigenvalue weighted by Crippen LogP contribution is 2.37. The first-order chi connectivity index (χ1) is 22.0. The molecule has 238 valence electrons. The Labute approximate surface area is 264 Å². The third-order valence-corrected chi connectivity index (χ3v) is 8.95. The zero-order valence-electron chi connectivity index (χ0n) is 26.2. The van der Waals surface area contributed by atoms with Crippen molar-refractivity contribution in [1.29, 1.82) is 0 Å². The van der Waals surface area contributed by atoms with Crippen molar-refractivity contribution in [3.63, 3.8) is 0 Å². The Morgan fingerprint density at radius 1 is 1.02 bits per heavy atom. The van der Waals surface area contributed by atoms with Crippen LogP contribution in [0.25, 0.3) is 22.4 Å². The molecule has 10 nitrogen and oxygen atoms in total. The Kier molecular flexibility index (Phi) is 9.71. The predicted molar refractivity (Wildman–Crippen MR) is 176 cm³/mol. The highest BCUT2D eigenvalue weighted by molar-refractivity contribution is 5.96. The number of rotatable bonds is 12. The first-order valence-electron chi connectivity index (χ1n) is 16.0. The van der Waals surface area contributed by atoms with Gasteiger partial charge in [-0.3, -0.25) is 10.0 Å². The number of methoxy groups -OCH3 is 1. The Morgan fingerprint density at radius 2 is 1.80 bits per heavy atom. The maximum atomic E-state index is 11.7. The van der Waals surface area contributed by atoms with Gasteiger partial charge in [-0.05, 0) is 107 Å². The minimum atomic E-state index is -0.505. The summed E-state index contributed by atoms with van der Waals surface area (Å²) >= 11 is 0.